The van der Waals surface area contributed by atoms with Crippen molar-refractivity contribution in [3.05, 3.63) is 29.3 Å². The molecule has 0 unspecified atom stereocenters. The molecule has 0 aromatic heterocycles. The normalized spacial score (nSPS) is 21.9. The summed E-state index contributed by atoms with van der Waals surface area (Å²) in [4.78, 5) is 28.2. The summed E-state index contributed by atoms with van der Waals surface area (Å²) in [6.45, 7) is 3.51. The Morgan fingerprint density at radius 3 is 2.56 bits per heavy atom. The van der Waals surface area contributed by atoms with Gasteiger partial charge in [0.05, 0.1) is 12.6 Å². The van der Waals surface area contributed by atoms with Gasteiger partial charge in [0.2, 0.25) is 11.8 Å². The van der Waals surface area contributed by atoms with Crippen molar-refractivity contribution in [2.24, 2.45) is 5.73 Å². The van der Waals surface area contributed by atoms with Crippen LogP contribution in [0.3, 0.4) is 0 Å². The first kappa shape index (κ1) is 23.8. The molecule has 27 heavy (non-hydrogen) atoms. The third-order valence-electron chi connectivity index (χ3n) is 4.74. The van der Waals surface area contributed by atoms with Crippen LogP contribution in [0.5, 0.6) is 0 Å². The Balaban J connectivity index is 0.00000182. The summed E-state index contributed by atoms with van der Waals surface area (Å²) in [6.07, 6.45) is 0.610. The molecule has 2 heterocycles. The molecule has 0 radical (unpaired) electrons. The number of amides is 2. The molecule has 152 valence electrons. The second-order valence-electron chi connectivity index (χ2n) is 6.46. The molecule has 4 N–H and O–H groups in total. The minimum absolute atomic E-state index is 0. The van der Waals surface area contributed by atoms with Gasteiger partial charge in [-0.1, -0.05) is 17.7 Å². The minimum Gasteiger partial charge on any atom is -0.368 e. The molecular formula is C17H26Cl3N5O2. The summed E-state index contributed by atoms with van der Waals surface area (Å²) < 4.78 is 0. The zero-order chi connectivity index (χ0) is 17.8. The lowest BCUT2D eigenvalue weighted by Crippen LogP contribution is -2.53. The molecule has 3 rings (SSSR count). The van der Waals surface area contributed by atoms with Gasteiger partial charge in [0.25, 0.3) is 0 Å². The highest BCUT2D eigenvalue weighted by atomic mass is 35.5. The number of carbonyl (C=O) groups is 2. The van der Waals surface area contributed by atoms with E-state index in [0.717, 1.165) is 23.8 Å². The third kappa shape index (κ3) is 6.12. The first-order valence-electron chi connectivity index (χ1n) is 8.59. The lowest BCUT2D eigenvalue weighted by atomic mass is 10.1. The Morgan fingerprint density at radius 1 is 1.22 bits per heavy atom. The summed E-state index contributed by atoms with van der Waals surface area (Å²) in [5.74, 6) is -0.0784. The van der Waals surface area contributed by atoms with E-state index in [0.29, 0.717) is 26.1 Å². The van der Waals surface area contributed by atoms with Crippen LogP contribution in [0.2, 0.25) is 5.02 Å². The highest BCUT2D eigenvalue weighted by molar-refractivity contribution is 6.30. The van der Waals surface area contributed by atoms with Crippen LogP contribution in [0, 0.1) is 0 Å². The van der Waals surface area contributed by atoms with E-state index in [1.807, 2.05) is 29.2 Å². The van der Waals surface area contributed by atoms with Gasteiger partial charge in [-0.3, -0.25) is 9.59 Å². The number of hydrogen-bond donors (Lipinski definition) is 3. The standard InChI is InChI=1S/C17H24ClN5O2.2ClH/c18-12-2-1-3-14(8-12)22-4-6-23(7-5-22)17(25)15-9-13(11-20-15)21-16(24)10-19;;/h1-3,8,13,15,20H,4-7,9-11,19H2,(H,21,24);2*1H/t13-,15+;;/m1../s1. The number of halogens is 3. The zero-order valence-corrected chi connectivity index (χ0v) is 17.3. The van der Waals surface area contributed by atoms with Gasteiger partial charge in [-0.2, -0.15) is 0 Å². The number of nitrogens with zero attached hydrogens (tertiary/aromatic N) is 2. The predicted octanol–water partition coefficient (Wildman–Crippen LogP) is 0.638. The zero-order valence-electron chi connectivity index (χ0n) is 14.9. The predicted molar refractivity (Wildman–Crippen MR) is 112 cm³/mol. The first-order valence-corrected chi connectivity index (χ1v) is 8.96. The fraction of sp³-hybridized carbons (Fsp3) is 0.529. The molecule has 1 aromatic rings. The van der Waals surface area contributed by atoms with E-state index >= 15 is 0 Å². The Morgan fingerprint density at radius 2 is 1.93 bits per heavy atom. The Labute approximate surface area is 176 Å². The average molecular weight is 439 g/mol. The second kappa shape index (κ2) is 10.9. The molecule has 0 aliphatic carbocycles. The summed E-state index contributed by atoms with van der Waals surface area (Å²) in [7, 11) is 0. The monoisotopic (exact) mass is 437 g/mol. The lowest BCUT2D eigenvalue weighted by Gasteiger charge is -2.37. The van der Waals surface area contributed by atoms with E-state index in [-0.39, 0.29) is 55.3 Å². The van der Waals surface area contributed by atoms with Crippen molar-refractivity contribution >= 4 is 53.9 Å². The quantitative estimate of drug-likeness (QED) is 0.642. The summed E-state index contributed by atoms with van der Waals surface area (Å²) in [5.41, 5.74) is 6.40. The van der Waals surface area contributed by atoms with Gasteiger partial charge in [-0.15, -0.1) is 24.8 Å². The van der Waals surface area contributed by atoms with E-state index in [1.165, 1.54) is 0 Å². The number of carbonyl (C=O) groups excluding carboxylic acids is 2. The Bertz CT molecular complexity index is 641. The van der Waals surface area contributed by atoms with Crippen LogP contribution in [0.1, 0.15) is 6.42 Å². The summed E-state index contributed by atoms with van der Waals surface area (Å²) in [6, 6.07) is 7.51. The van der Waals surface area contributed by atoms with Crippen LogP contribution in [0.25, 0.3) is 0 Å². The van der Waals surface area contributed by atoms with E-state index in [2.05, 4.69) is 15.5 Å². The summed E-state index contributed by atoms with van der Waals surface area (Å²) >= 11 is 6.05. The minimum atomic E-state index is -0.235. The average Bonchev–Trinajstić information content (AvgIpc) is 3.09. The van der Waals surface area contributed by atoms with Crippen LogP contribution in [0.15, 0.2) is 24.3 Å². The van der Waals surface area contributed by atoms with Crippen LogP contribution >= 0.6 is 36.4 Å². The number of hydrogen-bond acceptors (Lipinski definition) is 5. The van der Waals surface area contributed by atoms with Crippen molar-refractivity contribution in [3.8, 4) is 0 Å². The highest BCUT2D eigenvalue weighted by Crippen LogP contribution is 2.21. The number of nitrogens with two attached hydrogens (primary N) is 1. The van der Waals surface area contributed by atoms with Crippen molar-refractivity contribution in [1.82, 2.24) is 15.5 Å². The highest BCUT2D eigenvalue weighted by Gasteiger charge is 2.34. The van der Waals surface area contributed by atoms with Crippen molar-refractivity contribution in [1.29, 1.82) is 0 Å². The maximum atomic E-state index is 12.7. The van der Waals surface area contributed by atoms with E-state index in [1.54, 1.807) is 0 Å². The number of rotatable bonds is 4. The van der Waals surface area contributed by atoms with Crippen LogP contribution in [-0.4, -0.2) is 68.1 Å². The van der Waals surface area contributed by atoms with Crippen LogP contribution in [0.4, 0.5) is 5.69 Å². The number of benzene rings is 1. The van der Waals surface area contributed by atoms with Gasteiger partial charge in [0.1, 0.15) is 0 Å². The fourth-order valence-electron chi connectivity index (χ4n) is 3.40. The molecule has 2 saturated heterocycles. The van der Waals surface area contributed by atoms with Crippen molar-refractivity contribution < 1.29 is 9.59 Å². The van der Waals surface area contributed by atoms with Gasteiger partial charge < -0.3 is 26.2 Å². The smallest absolute Gasteiger partial charge is 0.239 e. The second-order valence-corrected chi connectivity index (χ2v) is 6.89. The molecule has 10 heteroatoms. The fourth-order valence-corrected chi connectivity index (χ4v) is 3.58. The van der Waals surface area contributed by atoms with Gasteiger partial charge in [-0.05, 0) is 24.6 Å². The molecule has 2 atom stereocenters. The maximum Gasteiger partial charge on any atom is 0.239 e. The largest absolute Gasteiger partial charge is 0.368 e. The molecule has 0 spiro atoms. The van der Waals surface area contributed by atoms with Crippen molar-refractivity contribution in [2.45, 2.75) is 18.5 Å². The van der Waals surface area contributed by atoms with Crippen LogP contribution < -0.4 is 21.3 Å². The van der Waals surface area contributed by atoms with Gasteiger partial charge in [0.15, 0.2) is 0 Å². The van der Waals surface area contributed by atoms with Gasteiger partial charge in [-0.25, -0.2) is 0 Å². The number of piperazine rings is 1. The third-order valence-corrected chi connectivity index (χ3v) is 4.98. The maximum absolute atomic E-state index is 12.7. The molecule has 2 fully saturated rings. The number of nitrogens with one attached hydrogen (secondary N) is 2. The molecular weight excluding hydrogens is 413 g/mol. The lowest BCUT2D eigenvalue weighted by molar-refractivity contribution is -0.133. The summed E-state index contributed by atoms with van der Waals surface area (Å²) in [5, 5.41) is 6.76. The van der Waals surface area contributed by atoms with Gasteiger partial charge >= 0.3 is 0 Å². The molecule has 7 nitrogen and oxygen atoms in total. The first-order chi connectivity index (χ1) is 12.1. The van der Waals surface area contributed by atoms with Crippen molar-refractivity contribution in [3.63, 3.8) is 0 Å². The molecule has 0 bridgehead atoms. The molecule has 0 saturated carbocycles. The Kier molecular flexibility index (Phi) is 9.62. The molecule has 2 aliphatic heterocycles. The van der Waals surface area contributed by atoms with E-state index in [4.69, 9.17) is 17.3 Å². The molecule has 1 aromatic carbocycles. The van der Waals surface area contributed by atoms with Crippen molar-refractivity contribution in [2.75, 3.05) is 44.2 Å². The van der Waals surface area contributed by atoms with Gasteiger partial charge in [0, 0.05) is 49.5 Å². The van der Waals surface area contributed by atoms with E-state index < -0.39 is 0 Å². The topological polar surface area (TPSA) is 90.7 Å². The van der Waals surface area contributed by atoms with E-state index in [9.17, 15) is 9.59 Å². The number of anilines is 1. The molecule has 2 amide bonds. The molecule has 2 aliphatic rings. The SMILES string of the molecule is Cl.Cl.NCC(=O)N[C@H]1CN[C@H](C(=O)N2CCN(c3cccc(Cl)c3)CC2)C1. The Hall–Kier alpha value is -1.25. The van der Waals surface area contributed by atoms with Crippen LogP contribution in [-0.2, 0) is 9.59 Å².